The molecule has 0 saturated heterocycles. The second-order valence-corrected chi connectivity index (χ2v) is 7.95. The second kappa shape index (κ2) is 8.21. The molecule has 0 saturated carbocycles. The molecule has 0 radical (unpaired) electrons. The number of Topliss-reactive ketones (excluding diaryl/α,β-unsaturated/α-hetero) is 1. The van der Waals surface area contributed by atoms with Crippen molar-refractivity contribution < 1.29 is 13.6 Å². The summed E-state index contributed by atoms with van der Waals surface area (Å²) in [5.41, 5.74) is 4.47. The Bertz CT molecular complexity index is 1720. The van der Waals surface area contributed by atoms with Crippen molar-refractivity contribution in [2.45, 2.75) is 6.42 Å². The van der Waals surface area contributed by atoms with Crippen LogP contribution in [0.15, 0.2) is 85.5 Å². The van der Waals surface area contributed by atoms with Gasteiger partial charge in [-0.3, -0.25) is 14.2 Å². The SMILES string of the molecule is O=C(Cc1cn2nc(-c3c(-c4ccc(F)cc4)nc4ccccn34)ccc2n1)c1ccncc1F. The third-order valence-electron chi connectivity index (χ3n) is 5.67. The van der Waals surface area contributed by atoms with Crippen molar-refractivity contribution in [3.8, 4) is 22.6 Å². The summed E-state index contributed by atoms with van der Waals surface area (Å²) in [6.45, 7) is 0. The number of fused-ring (bicyclic) bond motifs is 2. The lowest BCUT2D eigenvalue weighted by Crippen LogP contribution is -2.06. The number of carbonyl (C=O) groups is 1. The van der Waals surface area contributed by atoms with E-state index < -0.39 is 11.6 Å². The molecule has 6 rings (SSSR count). The van der Waals surface area contributed by atoms with Crippen molar-refractivity contribution in [1.29, 1.82) is 0 Å². The van der Waals surface area contributed by atoms with Crippen LogP contribution in [0.5, 0.6) is 0 Å². The van der Waals surface area contributed by atoms with Crippen LogP contribution in [0.25, 0.3) is 33.9 Å². The number of pyridine rings is 2. The number of benzene rings is 1. The van der Waals surface area contributed by atoms with Crippen molar-refractivity contribution in [3.63, 3.8) is 0 Å². The zero-order valence-electron chi connectivity index (χ0n) is 18.1. The molecular formula is C26H16F2N6O. The van der Waals surface area contributed by atoms with Crippen molar-refractivity contribution in [2.75, 3.05) is 0 Å². The Morgan fingerprint density at radius 3 is 2.60 bits per heavy atom. The molecule has 0 fully saturated rings. The van der Waals surface area contributed by atoms with Gasteiger partial charge in [0.05, 0.1) is 35.8 Å². The van der Waals surface area contributed by atoms with Crippen LogP contribution in [0.1, 0.15) is 16.1 Å². The highest BCUT2D eigenvalue weighted by atomic mass is 19.1. The van der Waals surface area contributed by atoms with Gasteiger partial charge >= 0.3 is 0 Å². The fourth-order valence-corrected chi connectivity index (χ4v) is 4.05. The van der Waals surface area contributed by atoms with Crippen LogP contribution < -0.4 is 0 Å². The molecule has 35 heavy (non-hydrogen) atoms. The van der Waals surface area contributed by atoms with E-state index >= 15 is 0 Å². The van der Waals surface area contributed by atoms with E-state index in [1.807, 2.05) is 34.9 Å². The number of halogens is 2. The molecule has 5 heterocycles. The third kappa shape index (κ3) is 3.72. The zero-order chi connectivity index (χ0) is 23.9. The summed E-state index contributed by atoms with van der Waals surface area (Å²) < 4.78 is 31.0. The minimum absolute atomic E-state index is 0.0274. The molecule has 9 heteroatoms. The molecule has 0 atom stereocenters. The van der Waals surface area contributed by atoms with E-state index in [1.54, 1.807) is 28.9 Å². The topological polar surface area (TPSA) is 77.5 Å². The van der Waals surface area contributed by atoms with Gasteiger partial charge in [-0.2, -0.15) is 5.10 Å². The minimum Gasteiger partial charge on any atom is -0.298 e. The molecule has 6 aromatic rings. The molecule has 0 aliphatic rings. The van der Waals surface area contributed by atoms with Crippen LogP contribution in [0, 0.1) is 11.6 Å². The van der Waals surface area contributed by atoms with E-state index in [4.69, 9.17) is 10.1 Å². The van der Waals surface area contributed by atoms with Crippen LogP contribution in [0.3, 0.4) is 0 Å². The second-order valence-electron chi connectivity index (χ2n) is 7.95. The zero-order valence-corrected chi connectivity index (χ0v) is 18.1. The number of ketones is 1. The van der Waals surface area contributed by atoms with Gasteiger partial charge in [0.2, 0.25) is 0 Å². The first-order chi connectivity index (χ1) is 17.1. The van der Waals surface area contributed by atoms with E-state index in [9.17, 15) is 13.6 Å². The van der Waals surface area contributed by atoms with Crippen LogP contribution in [-0.4, -0.2) is 34.7 Å². The number of nitrogens with zero attached hydrogens (tertiary/aromatic N) is 6. The molecular weight excluding hydrogens is 450 g/mol. The van der Waals surface area contributed by atoms with Crippen LogP contribution in [0.4, 0.5) is 8.78 Å². The van der Waals surface area contributed by atoms with Crippen molar-refractivity contribution in [2.24, 2.45) is 0 Å². The van der Waals surface area contributed by atoms with E-state index in [2.05, 4.69) is 9.97 Å². The van der Waals surface area contributed by atoms with E-state index in [1.165, 1.54) is 24.4 Å². The van der Waals surface area contributed by atoms with Gasteiger partial charge in [-0.15, -0.1) is 0 Å². The average molecular weight is 466 g/mol. The molecule has 0 aliphatic carbocycles. The van der Waals surface area contributed by atoms with E-state index in [0.29, 0.717) is 22.7 Å². The van der Waals surface area contributed by atoms with E-state index in [0.717, 1.165) is 23.1 Å². The molecule has 5 aromatic heterocycles. The number of hydrogen-bond donors (Lipinski definition) is 0. The number of aromatic nitrogens is 6. The van der Waals surface area contributed by atoms with Gasteiger partial charge in [0.1, 0.15) is 22.9 Å². The predicted octanol–water partition coefficient (Wildman–Crippen LogP) is 4.81. The highest BCUT2D eigenvalue weighted by Crippen LogP contribution is 2.32. The summed E-state index contributed by atoms with van der Waals surface area (Å²) in [6.07, 6.45) is 5.85. The summed E-state index contributed by atoms with van der Waals surface area (Å²) in [7, 11) is 0. The Balaban J connectivity index is 1.42. The molecule has 0 N–H and O–H groups in total. The number of rotatable bonds is 5. The van der Waals surface area contributed by atoms with Crippen molar-refractivity contribution >= 4 is 17.1 Å². The standard InChI is InChI=1S/C26H16F2N6O/c27-17-6-4-16(5-7-17)25-26(33-12-2-1-3-23(33)31-25)21-8-9-24-30-18(15-34(24)32-21)13-22(35)19-10-11-29-14-20(19)28/h1-12,14-15H,13H2. The van der Waals surface area contributed by atoms with Crippen LogP contribution in [0.2, 0.25) is 0 Å². The van der Waals surface area contributed by atoms with Gasteiger partial charge in [0, 0.05) is 18.0 Å². The molecule has 1 aromatic carbocycles. The highest BCUT2D eigenvalue weighted by molar-refractivity contribution is 5.97. The summed E-state index contributed by atoms with van der Waals surface area (Å²) in [4.78, 5) is 25.4. The van der Waals surface area contributed by atoms with Crippen molar-refractivity contribution in [1.82, 2.24) is 29.0 Å². The monoisotopic (exact) mass is 466 g/mol. The first kappa shape index (κ1) is 20.8. The largest absolute Gasteiger partial charge is 0.298 e. The molecule has 0 amide bonds. The summed E-state index contributed by atoms with van der Waals surface area (Å²) in [5, 5.41) is 4.71. The Morgan fingerprint density at radius 2 is 1.77 bits per heavy atom. The average Bonchev–Trinajstić information content (AvgIpc) is 3.45. The molecule has 7 nitrogen and oxygen atoms in total. The Kier molecular flexibility index (Phi) is 4.88. The van der Waals surface area contributed by atoms with Gasteiger partial charge in [-0.05, 0) is 54.6 Å². The Hall–Kier alpha value is -4.79. The van der Waals surface area contributed by atoms with Gasteiger partial charge in [-0.1, -0.05) is 6.07 Å². The smallest absolute Gasteiger partial charge is 0.171 e. The highest BCUT2D eigenvalue weighted by Gasteiger charge is 2.19. The maximum Gasteiger partial charge on any atom is 0.171 e. The lowest BCUT2D eigenvalue weighted by Gasteiger charge is -2.05. The van der Waals surface area contributed by atoms with Gasteiger partial charge in [0.15, 0.2) is 17.2 Å². The van der Waals surface area contributed by atoms with Crippen LogP contribution >= 0.6 is 0 Å². The minimum atomic E-state index is -0.664. The number of hydrogen-bond acceptors (Lipinski definition) is 5. The normalized spacial score (nSPS) is 11.4. The van der Waals surface area contributed by atoms with Crippen molar-refractivity contribution in [3.05, 3.63) is 108 Å². The Labute approximate surface area is 197 Å². The molecule has 0 unspecified atom stereocenters. The summed E-state index contributed by atoms with van der Waals surface area (Å²) in [5.74, 6) is -1.39. The maximum atomic E-state index is 13.9. The number of imidazole rings is 2. The van der Waals surface area contributed by atoms with Gasteiger partial charge in [0.25, 0.3) is 0 Å². The number of carbonyl (C=O) groups excluding carboxylic acids is 1. The van der Waals surface area contributed by atoms with Gasteiger partial charge in [-0.25, -0.2) is 23.3 Å². The first-order valence-corrected chi connectivity index (χ1v) is 10.8. The third-order valence-corrected chi connectivity index (χ3v) is 5.67. The molecule has 0 spiro atoms. The molecule has 0 aliphatic heterocycles. The van der Waals surface area contributed by atoms with Crippen LogP contribution in [-0.2, 0) is 6.42 Å². The molecule has 170 valence electrons. The molecule has 0 bridgehead atoms. The fourth-order valence-electron chi connectivity index (χ4n) is 4.05. The predicted molar refractivity (Wildman–Crippen MR) is 125 cm³/mol. The van der Waals surface area contributed by atoms with E-state index in [-0.39, 0.29) is 17.8 Å². The lowest BCUT2D eigenvalue weighted by molar-refractivity contribution is 0.0988. The maximum absolute atomic E-state index is 13.9. The quantitative estimate of drug-likeness (QED) is 0.341. The van der Waals surface area contributed by atoms with Gasteiger partial charge < -0.3 is 0 Å². The first-order valence-electron chi connectivity index (χ1n) is 10.8. The Morgan fingerprint density at radius 1 is 0.914 bits per heavy atom. The summed E-state index contributed by atoms with van der Waals surface area (Å²) >= 11 is 0. The summed E-state index contributed by atoms with van der Waals surface area (Å²) in [6, 6.07) is 16.8. The lowest BCUT2D eigenvalue weighted by atomic mass is 10.1. The fraction of sp³-hybridized carbons (Fsp3) is 0.0385.